The normalized spacial score (nSPS) is 10.1. The van der Waals surface area contributed by atoms with Gasteiger partial charge in [0.05, 0.1) is 6.61 Å². The van der Waals surface area contributed by atoms with Gasteiger partial charge >= 0.3 is 0 Å². The summed E-state index contributed by atoms with van der Waals surface area (Å²) < 4.78 is 5.59. The van der Waals surface area contributed by atoms with Crippen LogP contribution in [-0.2, 0) is 9.53 Å². The van der Waals surface area contributed by atoms with Gasteiger partial charge in [-0.1, -0.05) is 11.8 Å². The van der Waals surface area contributed by atoms with Gasteiger partial charge in [0.1, 0.15) is 4.88 Å². The molecule has 88 valence electrons. The van der Waals surface area contributed by atoms with E-state index >= 15 is 0 Å². The summed E-state index contributed by atoms with van der Waals surface area (Å²) in [7, 11) is 1.54. The second kappa shape index (κ2) is 6.62. The van der Waals surface area contributed by atoms with Crippen molar-refractivity contribution < 1.29 is 14.3 Å². The maximum Gasteiger partial charge on any atom is 0.212 e. The highest BCUT2D eigenvalue weighted by Crippen LogP contribution is 2.29. The van der Waals surface area contributed by atoms with Crippen molar-refractivity contribution in [1.82, 2.24) is 4.98 Å². The predicted molar refractivity (Wildman–Crippen MR) is 64.4 cm³/mol. The lowest BCUT2D eigenvalue weighted by atomic mass is 10.2. The molecule has 0 aliphatic carbocycles. The van der Waals surface area contributed by atoms with E-state index < -0.39 is 0 Å². The second-order valence-electron chi connectivity index (χ2n) is 2.79. The fourth-order valence-corrected chi connectivity index (χ4v) is 2.53. The molecule has 0 aromatic carbocycles. The van der Waals surface area contributed by atoms with Crippen molar-refractivity contribution >= 4 is 41.1 Å². The number of nitrogens with zero attached hydrogens (tertiary/aromatic N) is 1. The smallest absolute Gasteiger partial charge is 0.212 e. The molecule has 7 heteroatoms. The fraction of sp³-hybridized carbons (Fsp3) is 0.444. The quantitative estimate of drug-likeness (QED) is 0.458. The summed E-state index contributed by atoms with van der Waals surface area (Å²) in [6, 6.07) is 0. The van der Waals surface area contributed by atoms with Gasteiger partial charge < -0.3 is 10.1 Å². The Morgan fingerprint density at radius 3 is 3.00 bits per heavy atom. The third-order valence-electron chi connectivity index (χ3n) is 1.76. The molecular formula is C9H12N2O3S2. The number of hydrogen-bond donors (Lipinski definition) is 1. The van der Waals surface area contributed by atoms with Crippen LogP contribution in [0, 0.1) is 0 Å². The zero-order valence-corrected chi connectivity index (χ0v) is 10.6. The largest absolute Gasteiger partial charge is 0.384 e. The highest BCUT2D eigenvalue weighted by Gasteiger charge is 2.17. The van der Waals surface area contributed by atoms with Crippen LogP contribution in [0.1, 0.15) is 16.1 Å². The molecule has 0 aliphatic heterocycles. The lowest BCUT2D eigenvalue weighted by Crippen LogP contribution is -2.05. The molecule has 0 fully saturated rings. The lowest BCUT2D eigenvalue weighted by Gasteiger charge is -1.99. The van der Waals surface area contributed by atoms with Crippen molar-refractivity contribution in [3.63, 3.8) is 0 Å². The fourth-order valence-electron chi connectivity index (χ4n) is 1.04. The van der Waals surface area contributed by atoms with E-state index in [-0.39, 0.29) is 5.78 Å². The zero-order valence-electron chi connectivity index (χ0n) is 8.98. The number of nitrogens with one attached hydrogen (secondary N) is 1. The first kappa shape index (κ1) is 13.1. The number of aromatic nitrogens is 1. The summed E-state index contributed by atoms with van der Waals surface area (Å²) in [5.74, 6) is 0.273. The van der Waals surface area contributed by atoms with Crippen molar-refractivity contribution in [2.75, 3.05) is 25.3 Å². The Labute approximate surface area is 102 Å². The number of amides is 1. The van der Waals surface area contributed by atoms with Crippen LogP contribution in [0.2, 0.25) is 0 Å². The molecule has 0 saturated heterocycles. The van der Waals surface area contributed by atoms with Gasteiger partial charge in [-0.3, -0.25) is 9.59 Å². The van der Waals surface area contributed by atoms with Gasteiger partial charge in [-0.2, -0.15) is 0 Å². The Morgan fingerprint density at radius 2 is 2.44 bits per heavy atom. The number of hydrogen-bond acceptors (Lipinski definition) is 6. The monoisotopic (exact) mass is 260 g/mol. The Morgan fingerprint density at radius 1 is 1.69 bits per heavy atom. The molecule has 0 spiro atoms. The molecule has 0 unspecified atom stereocenters. The van der Waals surface area contributed by atoms with Crippen LogP contribution >= 0.6 is 23.1 Å². The third-order valence-corrected chi connectivity index (χ3v) is 3.85. The zero-order chi connectivity index (χ0) is 12.0. The maximum absolute atomic E-state index is 11.8. The van der Waals surface area contributed by atoms with Crippen molar-refractivity contribution in [2.24, 2.45) is 0 Å². The van der Waals surface area contributed by atoms with Crippen LogP contribution in [0.15, 0.2) is 4.34 Å². The molecule has 1 heterocycles. The standard InChI is InChI=1S/C9H12N2O3S2/c1-14-4-3-6(13)7-8(10-5-12)11-9(15-2)16-7/h5H,3-4H2,1-2H3,(H,10,12). The van der Waals surface area contributed by atoms with Crippen LogP contribution in [-0.4, -0.2) is 37.1 Å². The summed E-state index contributed by atoms with van der Waals surface area (Å²) in [4.78, 5) is 26.7. The Hall–Kier alpha value is -0.920. The first-order valence-electron chi connectivity index (χ1n) is 4.50. The minimum Gasteiger partial charge on any atom is -0.384 e. The van der Waals surface area contributed by atoms with Crippen molar-refractivity contribution in [3.8, 4) is 0 Å². The van der Waals surface area contributed by atoms with Crippen molar-refractivity contribution in [2.45, 2.75) is 10.8 Å². The van der Waals surface area contributed by atoms with E-state index in [0.717, 1.165) is 4.34 Å². The summed E-state index contributed by atoms with van der Waals surface area (Å²) >= 11 is 2.72. The Bertz CT molecular complexity index is 379. The minimum atomic E-state index is -0.0657. The molecule has 5 nitrogen and oxygen atoms in total. The van der Waals surface area contributed by atoms with Gasteiger partial charge in [-0.15, -0.1) is 11.3 Å². The van der Waals surface area contributed by atoms with Gasteiger partial charge in [0.15, 0.2) is 15.9 Å². The van der Waals surface area contributed by atoms with E-state index in [0.29, 0.717) is 30.1 Å². The van der Waals surface area contributed by atoms with Crippen molar-refractivity contribution in [1.29, 1.82) is 0 Å². The van der Waals surface area contributed by atoms with E-state index in [1.807, 2.05) is 6.26 Å². The highest BCUT2D eigenvalue weighted by molar-refractivity contribution is 8.00. The molecule has 16 heavy (non-hydrogen) atoms. The number of rotatable bonds is 7. The Balaban J connectivity index is 2.86. The van der Waals surface area contributed by atoms with Gasteiger partial charge in [0.25, 0.3) is 0 Å². The van der Waals surface area contributed by atoms with Crippen molar-refractivity contribution in [3.05, 3.63) is 4.88 Å². The van der Waals surface area contributed by atoms with Crippen LogP contribution in [0.5, 0.6) is 0 Å². The van der Waals surface area contributed by atoms with Gasteiger partial charge in [0, 0.05) is 13.5 Å². The number of methoxy groups -OCH3 is 1. The number of anilines is 1. The van der Waals surface area contributed by atoms with Crippen LogP contribution in [0.3, 0.4) is 0 Å². The second-order valence-corrected chi connectivity index (χ2v) is 4.84. The first-order valence-corrected chi connectivity index (χ1v) is 6.54. The number of carbonyl (C=O) groups excluding carboxylic acids is 2. The summed E-state index contributed by atoms with van der Waals surface area (Å²) in [5.41, 5.74) is 0. The molecule has 0 saturated carbocycles. The van der Waals surface area contributed by atoms with E-state index in [9.17, 15) is 9.59 Å². The molecular weight excluding hydrogens is 248 g/mol. The number of carbonyl (C=O) groups is 2. The minimum absolute atomic E-state index is 0.0657. The molecule has 1 N–H and O–H groups in total. The molecule has 0 radical (unpaired) electrons. The number of thiazole rings is 1. The van der Waals surface area contributed by atoms with Gasteiger partial charge in [0.2, 0.25) is 6.41 Å². The molecule has 1 aromatic heterocycles. The number of thioether (sulfide) groups is 1. The number of ketones is 1. The SMILES string of the molecule is COCCC(=O)c1sc(SC)nc1NC=O. The Kier molecular flexibility index (Phi) is 5.44. The van der Waals surface area contributed by atoms with E-state index in [1.165, 1.54) is 30.2 Å². The predicted octanol–water partition coefficient (Wildman–Crippen LogP) is 1.65. The van der Waals surface area contributed by atoms with Crippen LogP contribution in [0.4, 0.5) is 5.82 Å². The average Bonchev–Trinajstić information content (AvgIpc) is 2.70. The van der Waals surface area contributed by atoms with Gasteiger partial charge in [-0.05, 0) is 6.26 Å². The molecule has 1 aromatic rings. The molecule has 0 atom stereocenters. The number of Topliss-reactive ketones (excluding diaryl/α,β-unsaturated/α-hetero) is 1. The summed E-state index contributed by atoms with van der Waals surface area (Å²) in [6.07, 6.45) is 2.68. The van der Waals surface area contributed by atoms with E-state index in [4.69, 9.17) is 4.74 Å². The summed E-state index contributed by atoms with van der Waals surface area (Å²) in [6.45, 7) is 0.367. The first-order chi connectivity index (χ1) is 7.72. The summed E-state index contributed by atoms with van der Waals surface area (Å²) in [5, 5.41) is 2.43. The maximum atomic E-state index is 11.8. The molecule has 1 rings (SSSR count). The van der Waals surface area contributed by atoms with E-state index in [2.05, 4.69) is 10.3 Å². The van der Waals surface area contributed by atoms with E-state index in [1.54, 1.807) is 0 Å². The number of ether oxygens (including phenoxy) is 1. The molecule has 1 amide bonds. The lowest BCUT2D eigenvalue weighted by molar-refractivity contribution is -0.105. The highest BCUT2D eigenvalue weighted by atomic mass is 32.2. The van der Waals surface area contributed by atoms with Gasteiger partial charge in [-0.25, -0.2) is 4.98 Å². The molecule has 0 aliphatic rings. The van der Waals surface area contributed by atoms with Crippen LogP contribution in [0.25, 0.3) is 0 Å². The average molecular weight is 260 g/mol. The van der Waals surface area contributed by atoms with Crippen LogP contribution < -0.4 is 5.32 Å². The third kappa shape index (κ3) is 3.29. The molecule has 0 bridgehead atoms. The topological polar surface area (TPSA) is 68.3 Å².